The van der Waals surface area contributed by atoms with Gasteiger partial charge >= 0.3 is 0 Å². The van der Waals surface area contributed by atoms with E-state index in [1.165, 1.54) is 25.7 Å². The summed E-state index contributed by atoms with van der Waals surface area (Å²) in [6.07, 6.45) is 7.08. The summed E-state index contributed by atoms with van der Waals surface area (Å²) in [6.45, 7) is 6.72. The molecule has 0 heterocycles. The van der Waals surface area contributed by atoms with E-state index in [1.54, 1.807) is 0 Å². The molecular weight excluding hydrogens is 238 g/mol. The number of unbranched alkanes of at least 4 members (excludes halogenated alkanes) is 1. The van der Waals surface area contributed by atoms with Crippen LogP contribution >= 0.6 is 0 Å². The fraction of sp³-hybridized carbons (Fsp3) is 0.933. The number of nitrogens with one attached hydrogen (secondary N) is 2. The van der Waals surface area contributed by atoms with Gasteiger partial charge in [-0.2, -0.15) is 0 Å². The maximum Gasteiger partial charge on any atom is 0.234 e. The van der Waals surface area contributed by atoms with Crippen molar-refractivity contribution in [2.24, 2.45) is 0 Å². The minimum absolute atomic E-state index is 0.171. The Balaban J connectivity index is 2.19. The van der Waals surface area contributed by atoms with Gasteiger partial charge in [-0.1, -0.05) is 20.3 Å². The third kappa shape index (κ3) is 6.39. The average molecular weight is 269 g/mol. The van der Waals surface area contributed by atoms with Crippen molar-refractivity contribution < 1.29 is 4.79 Å². The number of hydrogen-bond donors (Lipinski definition) is 2. The van der Waals surface area contributed by atoms with Crippen LogP contribution < -0.4 is 10.6 Å². The molecule has 0 aromatic rings. The molecule has 112 valence electrons. The summed E-state index contributed by atoms with van der Waals surface area (Å²) in [7, 11) is 2.08. The topological polar surface area (TPSA) is 44.4 Å². The number of hydrogen-bond acceptors (Lipinski definition) is 3. The lowest BCUT2D eigenvalue weighted by Crippen LogP contribution is -2.44. The van der Waals surface area contributed by atoms with Gasteiger partial charge in [-0.3, -0.25) is 9.69 Å². The zero-order valence-electron chi connectivity index (χ0n) is 12.9. The smallest absolute Gasteiger partial charge is 0.234 e. The van der Waals surface area contributed by atoms with Crippen molar-refractivity contribution in [2.45, 2.75) is 64.5 Å². The number of likely N-dealkylation sites (N-methyl/N-ethyl adjacent to an activating group) is 1. The molecule has 0 atom stereocenters. The Bertz CT molecular complexity index is 250. The van der Waals surface area contributed by atoms with Crippen molar-refractivity contribution in [1.82, 2.24) is 15.5 Å². The van der Waals surface area contributed by atoms with E-state index in [0.717, 1.165) is 25.9 Å². The molecule has 1 aliphatic carbocycles. The van der Waals surface area contributed by atoms with Crippen LogP contribution in [0.15, 0.2) is 0 Å². The minimum Gasteiger partial charge on any atom is -0.355 e. The van der Waals surface area contributed by atoms with Crippen molar-refractivity contribution >= 4 is 5.91 Å². The lowest BCUT2D eigenvalue weighted by atomic mass is 9.90. The molecule has 0 spiro atoms. The maximum absolute atomic E-state index is 11.8. The molecule has 0 aromatic heterocycles. The molecule has 19 heavy (non-hydrogen) atoms. The molecule has 4 nitrogen and oxygen atoms in total. The first-order chi connectivity index (χ1) is 9.17. The largest absolute Gasteiger partial charge is 0.355 e. The first kappa shape index (κ1) is 16.4. The number of nitrogens with zero attached hydrogens (tertiary/aromatic N) is 1. The summed E-state index contributed by atoms with van der Waals surface area (Å²) in [5.41, 5.74) is 0. The van der Waals surface area contributed by atoms with Gasteiger partial charge in [0.2, 0.25) is 5.91 Å². The highest BCUT2D eigenvalue weighted by Gasteiger charge is 2.24. The van der Waals surface area contributed by atoms with Crippen LogP contribution in [0, 0.1) is 0 Å². The summed E-state index contributed by atoms with van der Waals surface area (Å²) in [5, 5.41) is 6.51. The van der Waals surface area contributed by atoms with Gasteiger partial charge in [0.15, 0.2) is 0 Å². The zero-order chi connectivity index (χ0) is 14.1. The molecule has 0 aliphatic heterocycles. The summed E-state index contributed by atoms with van der Waals surface area (Å²) in [4.78, 5) is 14.0. The molecule has 0 saturated heterocycles. The van der Waals surface area contributed by atoms with Gasteiger partial charge in [0, 0.05) is 18.6 Å². The molecule has 1 rings (SSSR count). The third-order valence-electron chi connectivity index (χ3n) is 4.06. The Morgan fingerprint density at radius 2 is 1.89 bits per heavy atom. The van der Waals surface area contributed by atoms with E-state index < -0.39 is 0 Å². The number of carbonyl (C=O) groups is 1. The van der Waals surface area contributed by atoms with Crippen molar-refractivity contribution in [2.75, 3.05) is 26.7 Å². The van der Waals surface area contributed by atoms with Crippen molar-refractivity contribution in [1.29, 1.82) is 0 Å². The number of amides is 1. The van der Waals surface area contributed by atoms with Crippen LogP contribution in [0.1, 0.15) is 52.4 Å². The number of rotatable bonds is 8. The highest BCUT2D eigenvalue weighted by molar-refractivity contribution is 5.77. The summed E-state index contributed by atoms with van der Waals surface area (Å²) in [6, 6.07) is 1.26. The van der Waals surface area contributed by atoms with Gasteiger partial charge in [0.1, 0.15) is 0 Å². The first-order valence-electron chi connectivity index (χ1n) is 7.87. The molecule has 0 radical (unpaired) electrons. The van der Waals surface area contributed by atoms with Crippen molar-refractivity contribution in [3.63, 3.8) is 0 Å². The Morgan fingerprint density at radius 3 is 2.47 bits per heavy atom. The lowest BCUT2D eigenvalue weighted by molar-refractivity contribution is -0.122. The first-order valence-corrected chi connectivity index (χ1v) is 7.87. The van der Waals surface area contributed by atoms with Gasteiger partial charge < -0.3 is 10.6 Å². The van der Waals surface area contributed by atoms with Crippen LogP contribution in [0.25, 0.3) is 0 Å². The van der Waals surface area contributed by atoms with Crippen LogP contribution in [0.5, 0.6) is 0 Å². The third-order valence-corrected chi connectivity index (χ3v) is 4.06. The quantitative estimate of drug-likeness (QED) is 0.660. The van der Waals surface area contributed by atoms with Gasteiger partial charge in [0.25, 0.3) is 0 Å². The SMILES string of the molecule is CCCCNC(=O)CN(C)C1CCC(NCC)CC1. The minimum atomic E-state index is 0.171. The summed E-state index contributed by atoms with van der Waals surface area (Å²) < 4.78 is 0. The van der Waals surface area contributed by atoms with Gasteiger partial charge in [-0.15, -0.1) is 0 Å². The second-order valence-corrected chi connectivity index (χ2v) is 5.68. The highest BCUT2D eigenvalue weighted by atomic mass is 16.2. The van der Waals surface area contributed by atoms with Gasteiger partial charge in [-0.25, -0.2) is 0 Å². The Kier molecular flexibility index (Phi) is 8.07. The van der Waals surface area contributed by atoms with E-state index in [0.29, 0.717) is 18.6 Å². The van der Waals surface area contributed by atoms with E-state index in [-0.39, 0.29) is 5.91 Å². The number of carbonyl (C=O) groups excluding carboxylic acids is 1. The Morgan fingerprint density at radius 1 is 1.21 bits per heavy atom. The summed E-state index contributed by atoms with van der Waals surface area (Å²) in [5.74, 6) is 0.171. The van der Waals surface area contributed by atoms with E-state index in [2.05, 4.69) is 36.4 Å². The van der Waals surface area contributed by atoms with Gasteiger partial charge in [0.05, 0.1) is 6.54 Å². The lowest BCUT2D eigenvalue weighted by Gasteiger charge is -2.34. The van der Waals surface area contributed by atoms with Crippen LogP contribution in [0.2, 0.25) is 0 Å². The van der Waals surface area contributed by atoms with Crippen LogP contribution in [0.3, 0.4) is 0 Å². The molecule has 1 fully saturated rings. The molecular formula is C15H31N3O. The van der Waals surface area contributed by atoms with E-state index in [4.69, 9.17) is 0 Å². The molecule has 0 aromatic carbocycles. The second-order valence-electron chi connectivity index (χ2n) is 5.68. The molecule has 0 unspecified atom stereocenters. The Labute approximate surface area is 118 Å². The fourth-order valence-electron chi connectivity index (χ4n) is 2.83. The second kappa shape index (κ2) is 9.32. The van der Waals surface area contributed by atoms with Crippen LogP contribution in [-0.4, -0.2) is 49.6 Å². The molecule has 1 amide bonds. The molecule has 2 N–H and O–H groups in total. The average Bonchev–Trinajstić information content (AvgIpc) is 2.40. The molecule has 1 aliphatic rings. The van der Waals surface area contributed by atoms with E-state index in [9.17, 15) is 4.79 Å². The van der Waals surface area contributed by atoms with Gasteiger partial charge in [-0.05, 0) is 45.7 Å². The van der Waals surface area contributed by atoms with Crippen LogP contribution in [-0.2, 0) is 4.79 Å². The molecule has 4 heteroatoms. The highest BCUT2D eigenvalue weighted by Crippen LogP contribution is 2.22. The van der Waals surface area contributed by atoms with Crippen molar-refractivity contribution in [3.8, 4) is 0 Å². The molecule has 0 bridgehead atoms. The van der Waals surface area contributed by atoms with Crippen LogP contribution in [0.4, 0.5) is 0 Å². The predicted octanol–water partition coefficient (Wildman–Crippen LogP) is 1.76. The predicted molar refractivity (Wildman–Crippen MR) is 80.3 cm³/mol. The molecule has 1 saturated carbocycles. The van der Waals surface area contributed by atoms with E-state index in [1.807, 2.05) is 0 Å². The monoisotopic (exact) mass is 269 g/mol. The van der Waals surface area contributed by atoms with Crippen molar-refractivity contribution in [3.05, 3.63) is 0 Å². The standard InChI is InChI=1S/C15H31N3O/c1-4-6-11-17-15(19)12-18(3)14-9-7-13(8-10-14)16-5-2/h13-14,16H,4-12H2,1-3H3,(H,17,19). The zero-order valence-corrected chi connectivity index (χ0v) is 12.9. The normalized spacial score (nSPS) is 23.6. The summed E-state index contributed by atoms with van der Waals surface area (Å²) >= 11 is 0. The fourth-order valence-corrected chi connectivity index (χ4v) is 2.83. The van der Waals surface area contributed by atoms with E-state index >= 15 is 0 Å². The maximum atomic E-state index is 11.8. The Hall–Kier alpha value is -0.610.